The molecule has 2 aromatic carbocycles. The minimum absolute atomic E-state index is 0.0427. The van der Waals surface area contributed by atoms with E-state index in [1.807, 2.05) is 61.5 Å². The lowest BCUT2D eigenvalue weighted by atomic mass is 10.1. The summed E-state index contributed by atoms with van der Waals surface area (Å²) in [6.45, 7) is 3.16. The molecule has 0 aliphatic carbocycles. The number of anilines is 1. The molecular formula is C21H22BrN3O2. The van der Waals surface area contributed by atoms with Crippen molar-refractivity contribution in [3.05, 3.63) is 76.4 Å². The maximum Gasteiger partial charge on any atom is 0.225 e. The first-order chi connectivity index (χ1) is 13.2. The van der Waals surface area contributed by atoms with Gasteiger partial charge in [-0.05, 0) is 42.7 Å². The number of nitrogens with zero attached hydrogens (tertiary/aromatic N) is 2. The smallest absolute Gasteiger partial charge is 0.225 e. The highest BCUT2D eigenvalue weighted by Gasteiger charge is 2.10. The van der Waals surface area contributed by atoms with Crippen LogP contribution in [0.4, 0.5) is 5.82 Å². The zero-order valence-corrected chi connectivity index (χ0v) is 16.8. The Labute approximate surface area is 167 Å². The number of carbonyl (C=O) groups is 1. The molecule has 0 aliphatic rings. The van der Waals surface area contributed by atoms with Crippen molar-refractivity contribution in [2.45, 2.75) is 26.3 Å². The Balaban J connectivity index is 1.59. The molecule has 5 nitrogen and oxygen atoms in total. The van der Waals surface area contributed by atoms with Crippen LogP contribution in [0.5, 0.6) is 5.75 Å². The molecule has 140 valence electrons. The summed E-state index contributed by atoms with van der Waals surface area (Å²) in [5.41, 5.74) is 2.15. The average Bonchev–Trinajstić information content (AvgIpc) is 3.10. The van der Waals surface area contributed by atoms with E-state index in [0.29, 0.717) is 31.8 Å². The molecule has 1 N–H and O–H groups in total. The molecule has 0 atom stereocenters. The van der Waals surface area contributed by atoms with E-state index >= 15 is 0 Å². The van der Waals surface area contributed by atoms with E-state index < -0.39 is 0 Å². The third-order valence-electron chi connectivity index (χ3n) is 4.12. The van der Waals surface area contributed by atoms with Gasteiger partial charge in [-0.1, -0.05) is 46.3 Å². The van der Waals surface area contributed by atoms with Crippen LogP contribution in [0.2, 0.25) is 0 Å². The van der Waals surface area contributed by atoms with Gasteiger partial charge in [0.25, 0.3) is 0 Å². The predicted octanol–water partition coefficient (Wildman–Crippen LogP) is 4.66. The number of nitrogens with one attached hydrogen (secondary N) is 1. The Morgan fingerprint density at radius 1 is 1.15 bits per heavy atom. The first-order valence-corrected chi connectivity index (χ1v) is 9.72. The molecule has 27 heavy (non-hydrogen) atoms. The molecule has 0 aliphatic heterocycles. The standard InChI is InChI=1S/C21H22BrN3O2/c1-2-27-19-6-4-3-5-17(19)9-12-21(26)24-20-13-14-23-25(20)15-16-7-10-18(22)11-8-16/h3-8,10-11,13-14H,2,9,12,15H2,1H3,(H,24,26). The molecule has 3 rings (SSSR count). The minimum atomic E-state index is -0.0427. The quantitative estimate of drug-likeness (QED) is 0.568. The monoisotopic (exact) mass is 427 g/mol. The topological polar surface area (TPSA) is 56.1 Å². The number of hydrogen-bond acceptors (Lipinski definition) is 3. The number of hydrogen-bond donors (Lipinski definition) is 1. The second kappa shape index (κ2) is 9.37. The van der Waals surface area contributed by atoms with Crippen molar-refractivity contribution in [2.24, 2.45) is 0 Å². The van der Waals surface area contributed by atoms with Gasteiger partial charge in [0, 0.05) is 17.0 Å². The van der Waals surface area contributed by atoms with Gasteiger partial charge in [-0.2, -0.15) is 5.10 Å². The van der Waals surface area contributed by atoms with E-state index in [1.165, 1.54) is 0 Å². The van der Waals surface area contributed by atoms with Gasteiger partial charge in [0.2, 0.25) is 5.91 Å². The van der Waals surface area contributed by atoms with Gasteiger partial charge >= 0.3 is 0 Å². The number of halogens is 1. The summed E-state index contributed by atoms with van der Waals surface area (Å²) < 4.78 is 8.44. The molecule has 0 saturated carbocycles. The molecule has 0 fully saturated rings. The van der Waals surface area contributed by atoms with Crippen LogP contribution in [-0.2, 0) is 17.8 Å². The fraction of sp³-hybridized carbons (Fsp3) is 0.238. The molecule has 0 saturated heterocycles. The van der Waals surface area contributed by atoms with Crippen molar-refractivity contribution in [1.29, 1.82) is 0 Å². The van der Waals surface area contributed by atoms with Crippen LogP contribution in [-0.4, -0.2) is 22.3 Å². The van der Waals surface area contributed by atoms with Gasteiger partial charge in [0.05, 0.1) is 19.3 Å². The molecule has 0 bridgehead atoms. The molecule has 0 spiro atoms. The van der Waals surface area contributed by atoms with E-state index in [4.69, 9.17) is 4.74 Å². The lowest BCUT2D eigenvalue weighted by Crippen LogP contribution is -2.16. The molecule has 0 radical (unpaired) electrons. The maximum absolute atomic E-state index is 12.4. The first-order valence-electron chi connectivity index (χ1n) is 8.92. The SMILES string of the molecule is CCOc1ccccc1CCC(=O)Nc1ccnn1Cc1ccc(Br)cc1. The van der Waals surface area contributed by atoms with Crippen molar-refractivity contribution in [2.75, 3.05) is 11.9 Å². The molecule has 6 heteroatoms. The number of ether oxygens (including phenoxy) is 1. The fourth-order valence-electron chi connectivity index (χ4n) is 2.79. The number of amides is 1. The molecule has 1 heterocycles. The predicted molar refractivity (Wildman–Crippen MR) is 110 cm³/mol. The van der Waals surface area contributed by atoms with Crippen molar-refractivity contribution in [3.63, 3.8) is 0 Å². The Hall–Kier alpha value is -2.60. The van der Waals surface area contributed by atoms with Crippen LogP contribution in [0.15, 0.2) is 65.3 Å². The van der Waals surface area contributed by atoms with E-state index in [1.54, 1.807) is 10.9 Å². The van der Waals surface area contributed by atoms with Crippen LogP contribution < -0.4 is 10.1 Å². The third-order valence-corrected chi connectivity index (χ3v) is 4.65. The third kappa shape index (κ3) is 5.44. The Morgan fingerprint density at radius 2 is 1.93 bits per heavy atom. The zero-order valence-electron chi connectivity index (χ0n) is 15.2. The molecule has 3 aromatic rings. The average molecular weight is 428 g/mol. The molecule has 0 unspecified atom stereocenters. The van der Waals surface area contributed by atoms with E-state index in [0.717, 1.165) is 21.3 Å². The summed E-state index contributed by atoms with van der Waals surface area (Å²) >= 11 is 3.43. The normalized spacial score (nSPS) is 10.6. The second-order valence-corrected chi connectivity index (χ2v) is 7.01. The number of aryl methyl sites for hydroxylation is 1. The number of para-hydroxylation sites is 1. The van der Waals surface area contributed by atoms with Crippen molar-refractivity contribution < 1.29 is 9.53 Å². The van der Waals surface area contributed by atoms with E-state index in [9.17, 15) is 4.79 Å². The molecular weight excluding hydrogens is 406 g/mol. The van der Waals surface area contributed by atoms with Crippen LogP contribution in [0.25, 0.3) is 0 Å². The highest BCUT2D eigenvalue weighted by molar-refractivity contribution is 9.10. The molecule has 1 amide bonds. The molecule has 1 aromatic heterocycles. The summed E-state index contributed by atoms with van der Waals surface area (Å²) in [6.07, 6.45) is 2.70. The van der Waals surface area contributed by atoms with Crippen LogP contribution in [0.1, 0.15) is 24.5 Å². The minimum Gasteiger partial charge on any atom is -0.494 e. The highest BCUT2D eigenvalue weighted by atomic mass is 79.9. The van der Waals surface area contributed by atoms with Gasteiger partial charge in [-0.3, -0.25) is 4.79 Å². The second-order valence-electron chi connectivity index (χ2n) is 6.09. The number of aromatic nitrogens is 2. The summed E-state index contributed by atoms with van der Waals surface area (Å²) in [5.74, 6) is 1.49. The highest BCUT2D eigenvalue weighted by Crippen LogP contribution is 2.20. The van der Waals surface area contributed by atoms with Gasteiger partial charge < -0.3 is 10.1 Å². The number of rotatable bonds is 8. The zero-order chi connectivity index (χ0) is 19.1. The van der Waals surface area contributed by atoms with Crippen molar-refractivity contribution in [1.82, 2.24) is 9.78 Å². The lowest BCUT2D eigenvalue weighted by Gasteiger charge is -2.11. The summed E-state index contributed by atoms with van der Waals surface area (Å²) in [6, 6.07) is 17.7. The maximum atomic E-state index is 12.4. The Bertz CT molecular complexity index is 890. The van der Waals surface area contributed by atoms with Gasteiger partial charge in [0.15, 0.2) is 0 Å². The Kier molecular flexibility index (Phi) is 6.65. The van der Waals surface area contributed by atoms with Gasteiger partial charge in [-0.25, -0.2) is 4.68 Å². The number of benzene rings is 2. The summed E-state index contributed by atoms with van der Waals surface area (Å²) in [5, 5.41) is 7.27. The van der Waals surface area contributed by atoms with Crippen LogP contribution >= 0.6 is 15.9 Å². The van der Waals surface area contributed by atoms with Crippen molar-refractivity contribution in [3.8, 4) is 5.75 Å². The van der Waals surface area contributed by atoms with Crippen LogP contribution in [0, 0.1) is 0 Å². The Morgan fingerprint density at radius 3 is 2.70 bits per heavy atom. The first kappa shape index (κ1) is 19.2. The van der Waals surface area contributed by atoms with Crippen LogP contribution in [0.3, 0.4) is 0 Å². The fourth-order valence-corrected chi connectivity index (χ4v) is 3.05. The van der Waals surface area contributed by atoms with Gasteiger partial charge in [0.1, 0.15) is 11.6 Å². The lowest BCUT2D eigenvalue weighted by molar-refractivity contribution is -0.116. The van der Waals surface area contributed by atoms with E-state index in [2.05, 4.69) is 26.3 Å². The largest absolute Gasteiger partial charge is 0.494 e. The summed E-state index contributed by atoms with van der Waals surface area (Å²) in [7, 11) is 0. The van der Waals surface area contributed by atoms with E-state index in [-0.39, 0.29) is 5.91 Å². The summed E-state index contributed by atoms with van der Waals surface area (Å²) in [4.78, 5) is 12.4. The van der Waals surface area contributed by atoms with Crippen molar-refractivity contribution >= 4 is 27.7 Å². The number of carbonyl (C=O) groups excluding carboxylic acids is 1. The van der Waals surface area contributed by atoms with Gasteiger partial charge in [-0.15, -0.1) is 0 Å².